The molecule has 6 nitrogen and oxygen atoms in total. The lowest BCUT2D eigenvalue weighted by atomic mass is 10.1. The number of amides is 3. The molecule has 1 rings (SSSR count). The van der Waals surface area contributed by atoms with E-state index < -0.39 is 0 Å². The Morgan fingerprint density at radius 3 is 2.79 bits per heavy atom. The van der Waals surface area contributed by atoms with Crippen LogP contribution in [0.3, 0.4) is 0 Å². The first-order valence-corrected chi connectivity index (χ1v) is 6.88. The number of carbonyl (C=O) groups excluding carboxylic acids is 3. The third-order valence-corrected chi connectivity index (χ3v) is 3.11. The standard InChI is InChI=1S/C13H23N3O3/c1-11(17)14-7-4-2-3-5-13(19)16-9-6-12(18)15-8-10-16/h2-10H2,1H3,(H,14,17)(H,15,18). The first-order valence-electron chi connectivity index (χ1n) is 6.88. The third-order valence-electron chi connectivity index (χ3n) is 3.11. The van der Waals surface area contributed by atoms with Crippen LogP contribution in [-0.4, -0.2) is 48.8 Å². The zero-order chi connectivity index (χ0) is 14.1. The molecule has 19 heavy (non-hydrogen) atoms. The minimum absolute atomic E-state index is 0.0159. The predicted octanol–water partition coefficient (Wildman–Crippen LogP) is 0.0314. The number of nitrogens with zero attached hydrogens (tertiary/aromatic N) is 1. The number of rotatable bonds is 6. The second-order valence-corrected chi connectivity index (χ2v) is 4.77. The molecule has 0 radical (unpaired) electrons. The molecule has 108 valence electrons. The molecule has 0 aromatic heterocycles. The number of carbonyl (C=O) groups is 3. The van der Waals surface area contributed by atoms with E-state index in [2.05, 4.69) is 10.6 Å². The molecule has 1 fully saturated rings. The van der Waals surface area contributed by atoms with Crippen LogP contribution < -0.4 is 10.6 Å². The summed E-state index contributed by atoms with van der Waals surface area (Å²) in [6, 6.07) is 0. The van der Waals surface area contributed by atoms with E-state index in [1.165, 1.54) is 6.92 Å². The van der Waals surface area contributed by atoms with E-state index in [-0.39, 0.29) is 17.7 Å². The van der Waals surface area contributed by atoms with Gasteiger partial charge in [0, 0.05) is 45.9 Å². The normalized spacial score (nSPS) is 15.6. The molecule has 0 aromatic rings. The summed E-state index contributed by atoms with van der Waals surface area (Å²) >= 11 is 0. The van der Waals surface area contributed by atoms with Crippen LogP contribution in [-0.2, 0) is 14.4 Å². The van der Waals surface area contributed by atoms with Gasteiger partial charge in [0.25, 0.3) is 0 Å². The Kier molecular flexibility index (Phi) is 6.92. The Morgan fingerprint density at radius 2 is 2.05 bits per heavy atom. The van der Waals surface area contributed by atoms with Crippen molar-refractivity contribution in [1.29, 1.82) is 0 Å². The van der Waals surface area contributed by atoms with Crippen molar-refractivity contribution < 1.29 is 14.4 Å². The number of hydrogen-bond donors (Lipinski definition) is 2. The number of nitrogens with one attached hydrogen (secondary N) is 2. The summed E-state index contributed by atoms with van der Waals surface area (Å²) in [6.45, 7) is 3.85. The fraction of sp³-hybridized carbons (Fsp3) is 0.769. The van der Waals surface area contributed by atoms with Crippen LogP contribution >= 0.6 is 0 Å². The van der Waals surface area contributed by atoms with Gasteiger partial charge in [-0.2, -0.15) is 0 Å². The molecule has 0 aromatic carbocycles. The Morgan fingerprint density at radius 1 is 1.26 bits per heavy atom. The van der Waals surface area contributed by atoms with E-state index in [0.717, 1.165) is 19.3 Å². The quantitative estimate of drug-likeness (QED) is 0.668. The lowest BCUT2D eigenvalue weighted by molar-refractivity contribution is -0.131. The van der Waals surface area contributed by atoms with Gasteiger partial charge in [0.2, 0.25) is 17.7 Å². The van der Waals surface area contributed by atoms with E-state index in [0.29, 0.717) is 39.0 Å². The average molecular weight is 269 g/mol. The van der Waals surface area contributed by atoms with Gasteiger partial charge < -0.3 is 15.5 Å². The first-order chi connectivity index (χ1) is 9.09. The smallest absolute Gasteiger partial charge is 0.222 e. The Bertz CT molecular complexity index is 331. The SMILES string of the molecule is CC(=O)NCCCCCC(=O)N1CCNC(=O)CC1. The van der Waals surface area contributed by atoms with Gasteiger partial charge in [0.05, 0.1) is 0 Å². The molecule has 0 spiro atoms. The Labute approximate surface area is 113 Å². The van der Waals surface area contributed by atoms with Gasteiger partial charge >= 0.3 is 0 Å². The minimum atomic E-state index is -0.0159. The second-order valence-electron chi connectivity index (χ2n) is 4.77. The molecule has 0 saturated carbocycles. The summed E-state index contributed by atoms with van der Waals surface area (Å²) in [7, 11) is 0. The van der Waals surface area contributed by atoms with Crippen molar-refractivity contribution in [3.63, 3.8) is 0 Å². The van der Waals surface area contributed by atoms with Gasteiger partial charge in [-0.25, -0.2) is 0 Å². The van der Waals surface area contributed by atoms with Crippen LogP contribution in [0.2, 0.25) is 0 Å². The molecular formula is C13H23N3O3. The molecule has 1 aliphatic rings. The number of unbranched alkanes of at least 4 members (excludes halogenated alkanes) is 2. The highest BCUT2D eigenvalue weighted by Crippen LogP contribution is 2.05. The van der Waals surface area contributed by atoms with E-state index in [1.807, 2.05) is 0 Å². The summed E-state index contributed by atoms with van der Waals surface area (Å²) in [5.74, 6) is 0.124. The summed E-state index contributed by atoms with van der Waals surface area (Å²) in [4.78, 5) is 35.5. The predicted molar refractivity (Wildman–Crippen MR) is 71.4 cm³/mol. The molecule has 6 heteroatoms. The lowest BCUT2D eigenvalue weighted by Crippen LogP contribution is -2.34. The van der Waals surface area contributed by atoms with Crippen LogP contribution in [0, 0.1) is 0 Å². The average Bonchev–Trinajstić information content (AvgIpc) is 2.58. The molecule has 3 amide bonds. The summed E-state index contributed by atoms with van der Waals surface area (Å²) in [5.41, 5.74) is 0. The highest BCUT2D eigenvalue weighted by Gasteiger charge is 2.17. The molecule has 1 aliphatic heterocycles. The highest BCUT2D eigenvalue weighted by atomic mass is 16.2. The molecule has 0 aliphatic carbocycles. The van der Waals surface area contributed by atoms with E-state index in [9.17, 15) is 14.4 Å². The maximum atomic E-state index is 11.9. The van der Waals surface area contributed by atoms with Gasteiger partial charge in [0.1, 0.15) is 0 Å². The minimum Gasteiger partial charge on any atom is -0.356 e. The molecule has 0 unspecified atom stereocenters. The van der Waals surface area contributed by atoms with Gasteiger partial charge in [0.15, 0.2) is 0 Å². The molecule has 2 N–H and O–H groups in total. The van der Waals surface area contributed by atoms with Crippen LogP contribution in [0.1, 0.15) is 39.0 Å². The van der Waals surface area contributed by atoms with Crippen molar-refractivity contribution in [1.82, 2.24) is 15.5 Å². The second kappa shape index (κ2) is 8.50. The van der Waals surface area contributed by atoms with Gasteiger partial charge in [-0.1, -0.05) is 6.42 Å². The van der Waals surface area contributed by atoms with Gasteiger partial charge in [-0.05, 0) is 12.8 Å². The largest absolute Gasteiger partial charge is 0.356 e. The monoisotopic (exact) mass is 269 g/mol. The van der Waals surface area contributed by atoms with Crippen LogP contribution in [0.25, 0.3) is 0 Å². The maximum Gasteiger partial charge on any atom is 0.222 e. The first kappa shape index (κ1) is 15.5. The molecule has 0 bridgehead atoms. The molecule has 1 heterocycles. The summed E-state index contributed by atoms with van der Waals surface area (Å²) in [6.07, 6.45) is 3.57. The Balaban J connectivity index is 2.10. The van der Waals surface area contributed by atoms with Crippen molar-refractivity contribution in [3.05, 3.63) is 0 Å². The molecular weight excluding hydrogens is 246 g/mol. The van der Waals surface area contributed by atoms with E-state index in [4.69, 9.17) is 0 Å². The van der Waals surface area contributed by atoms with Crippen LogP contribution in [0.15, 0.2) is 0 Å². The van der Waals surface area contributed by atoms with E-state index in [1.54, 1.807) is 4.90 Å². The van der Waals surface area contributed by atoms with Crippen molar-refractivity contribution in [2.24, 2.45) is 0 Å². The number of hydrogen-bond acceptors (Lipinski definition) is 3. The van der Waals surface area contributed by atoms with Crippen LogP contribution in [0.4, 0.5) is 0 Å². The van der Waals surface area contributed by atoms with Crippen LogP contribution in [0.5, 0.6) is 0 Å². The highest BCUT2D eigenvalue weighted by molar-refractivity contribution is 5.80. The topological polar surface area (TPSA) is 78.5 Å². The Hall–Kier alpha value is -1.59. The molecule has 1 saturated heterocycles. The zero-order valence-electron chi connectivity index (χ0n) is 11.5. The zero-order valence-corrected chi connectivity index (χ0v) is 11.5. The summed E-state index contributed by atoms with van der Waals surface area (Å²) in [5, 5.41) is 5.48. The van der Waals surface area contributed by atoms with Crippen molar-refractivity contribution >= 4 is 17.7 Å². The third kappa shape index (κ3) is 6.79. The molecule has 0 atom stereocenters. The van der Waals surface area contributed by atoms with E-state index >= 15 is 0 Å². The fourth-order valence-electron chi connectivity index (χ4n) is 2.02. The summed E-state index contributed by atoms with van der Waals surface area (Å²) < 4.78 is 0. The fourth-order valence-corrected chi connectivity index (χ4v) is 2.02. The van der Waals surface area contributed by atoms with Crippen molar-refractivity contribution in [2.45, 2.75) is 39.0 Å². The van der Waals surface area contributed by atoms with Gasteiger partial charge in [-0.3, -0.25) is 14.4 Å². The van der Waals surface area contributed by atoms with Gasteiger partial charge in [-0.15, -0.1) is 0 Å². The van der Waals surface area contributed by atoms with Crippen molar-refractivity contribution in [2.75, 3.05) is 26.2 Å². The maximum absolute atomic E-state index is 11.9. The lowest BCUT2D eigenvalue weighted by Gasteiger charge is -2.19. The van der Waals surface area contributed by atoms with Crippen molar-refractivity contribution in [3.8, 4) is 0 Å².